The molecule has 1 aliphatic rings. The quantitative estimate of drug-likeness (QED) is 0.444. The highest BCUT2D eigenvalue weighted by atomic mass is 13.8. The minimum Gasteiger partial charge on any atom is -0.0844 e. The Balaban J connectivity index is 2.51. The Morgan fingerprint density at radius 3 is 1.50 bits per heavy atom. The highest BCUT2D eigenvalue weighted by Gasteiger charge is 1.73. The summed E-state index contributed by atoms with van der Waals surface area (Å²) in [5, 5.41) is 0. The highest BCUT2D eigenvalue weighted by molar-refractivity contribution is 5.14. The second kappa shape index (κ2) is 4.80. The van der Waals surface area contributed by atoms with Gasteiger partial charge in [0.25, 0.3) is 0 Å². The van der Waals surface area contributed by atoms with Crippen molar-refractivity contribution in [1.29, 1.82) is 0 Å². The maximum atomic E-state index is 2.18. The summed E-state index contributed by atoms with van der Waals surface area (Å²) in [7, 11) is 0. The summed E-state index contributed by atoms with van der Waals surface area (Å²) in [5.74, 6) is 0. The van der Waals surface area contributed by atoms with Gasteiger partial charge in [-0.05, 0) is 12.8 Å². The molecular weight excluding hydrogens is 120 g/mol. The van der Waals surface area contributed by atoms with E-state index < -0.39 is 0 Å². The summed E-state index contributed by atoms with van der Waals surface area (Å²) in [6.45, 7) is 0. The molecule has 0 fully saturated rings. The smallest absolute Gasteiger partial charge is 0.0166 e. The standard InChI is InChI=1S/C10H12/c1-2-4-6-8-10-9-7-5-3-1/h1-6,9-10H,7-8H2/b2-1-,5-3+,6-4+,10-9+. The third-order valence-electron chi connectivity index (χ3n) is 1.32. The zero-order valence-corrected chi connectivity index (χ0v) is 6.03. The fourth-order valence-electron chi connectivity index (χ4n) is 0.792. The first-order valence-electron chi connectivity index (χ1n) is 3.63. The van der Waals surface area contributed by atoms with E-state index in [1.165, 1.54) is 0 Å². The van der Waals surface area contributed by atoms with Crippen molar-refractivity contribution < 1.29 is 0 Å². The molecule has 0 spiro atoms. The highest BCUT2D eigenvalue weighted by Crippen LogP contribution is 1.94. The van der Waals surface area contributed by atoms with Crippen LogP contribution in [0.15, 0.2) is 48.6 Å². The van der Waals surface area contributed by atoms with Crippen LogP contribution in [0.1, 0.15) is 12.8 Å². The van der Waals surface area contributed by atoms with Crippen LogP contribution in [-0.4, -0.2) is 0 Å². The van der Waals surface area contributed by atoms with Crippen LogP contribution in [0.25, 0.3) is 0 Å². The van der Waals surface area contributed by atoms with Gasteiger partial charge in [-0.1, -0.05) is 48.6 Å². The van der Waals surface area contributed by atoms with Gasteiger partial charge in [-0.15, -0.1) is 0 Å². The van der Waals surface area contributed by atoms with E-state index in [2.05, 4.69) is 48.6 Å². The summed E-state index contributed by atoms with van der Waals surface area (Å²) < 4.78 is 0. The predicted octanol–water partition coefficient (Wildman–Crippen LogP) is 3.01. The van der Waals surface area contributed by atoms with Gasteiger partial charge in [0, 0.05) is 0 Å². The molecule has 1 aliphatic carbocycles. The van der Waals surface area contributed by atoms with Crippen molar-refractivity contribution in [1.82, 2.24) is 0 Å². The molecule has 1 rings (SSSR count). The first-order valence-corrected chi connectivity index (χ1v) is 3.63. The molecule has 0 aromatic heterocycles. The lowest BCUT2D eigenvalue weighted by molar-refractivity contribution is 1.31. The van der Waals surface area contributed by atoms with Gasteiger partial charge in [0.15, 0.2) is 0 Å². The van der Waals surface area contributed by atoms with E-state index in [-0.39, 0.29) is 0 Å². The largest absolute Gasteiger partial charge is 0.0844 e. The van der Waals surface area contributed by atoms with E-state index in [0.29, 0.717) is 0 Å². The fraction of sp³-hybridized carbons (Fsp3) is 0.200. The van der Waals surface area contributed by atoms with Crippen LogP contribution in [0.4, 0.5) is 0 Å². The molecule has 0 saturated carbocycles. The predicted molar refractivity (Wildman–Crippen MR) is 45.8 cm³/mol. The maximum Gasteiger partial charge on any atom is -0.0166 e. The zero-order chi connectivity index (χ0) is 7.07. The van der Waals surface area contributed by atoms with Crippen molar-refractivity contribution in [2.24, 2.45) is 0 Å². The summed E-state index contributed by atoms with van der Waals surface area (Å²) in [5.41, 5.74) is 0. The topological polar surface area (TPSA) is 0 Å². The van der Waals surface area contributed by atoms with Crippen LogP contribution in [0.2, 0.25) is 0 Å². The van der Waals surface area contributed by atoms with Gasteiger partial charge in [0.1, 0.15) is 0 Å². The third kappa shape index (κ3) is 3.08. The Morgan fingerprint density at radius 2 is 1.00 bits per heavy atom. The zero-order valence-electron chi connectivity index (χ0n) is 6.03. The summed E-state index contributed by atoms with van der Waals surface area (Å²) >= 11 is 0. The van der Waals surface area contributed by atoms with E-state index in [1.807, 2.05) is 0 Å². The van der Waals surface area contributed by atoms with Crippen LogP contribution in [0.5, 0.6) is 0 Å². The van der Waals surface area contributed by atoms with Gasteiger partial charge in [-0.2, -0.15) is 0 Å². The van der Waals surface area contributed by atoms with Crippen LogP contribution >= 0.6 is 0 Å². The van der Waals surface area contributed by atoms with Gasteiger partial charge in [0.05, 0.1) is 0 Å². The van der Waals surface area contributed by atoms with E-state index in [1.54, 1.807) is 0 Å². The molecule has 0 heterocycles. The summed E-state index contributed by atoms with van der Waals surface area (Å²) in [6.07, 6.45) is 19.0. The molecule has 0 amide bonds. The number of allylic oxidation sites excluding steroid dienone is 8. The number of hydrogen-bond acceptors (Lipinski definition) is 0. The SMILES string of the molecule is C1=C\C=C\C/C=C/C/C=C/1. The minimum atomic E-state index is 1.05. The van der Waals surface area contributed by atoms with Crippen molar-refractivity contribution in [2.75, 3.05) is 0 Å². The van der Waals surface area contributed by atoms with Gasteiger partial charge in [0.2, 0.25) is 0 Å². The Kier molecular flexibility index (Phi) is 3.40. The van der Waals surface area contributed by atoms with Crippen LogP contribution in [0.3, 0.4) is 0 Å². The van der Waals surface area contributed by atoms with Crippen LogP contribution in [-0.2, 0) is 0 Å². The van der Waals surface area contributed by atoms with E-state index in [4.69, 9.17) is 0 Å². The second-order valence-corrected chi connectivity index (χ2v) is 2.18. The Morgan fingerprint density at radius 1 is 0.500 bits per heavy atom. The number of hydrogen-bond donors (Lipinski definition) is 0. The summed E-state index contributed by atoms with van der Waals surface area (Å²) in [6, 6.07) is 0. The van der Waals surface area contributed by atoms with Gasteiger partial charge in [-0.25, -0.2) is 0 Å². The van der Waals surface area contributed by atoms with Crippen molar-refractivity contribution in [3.8, 4) is 0 Å². The molecular formula is C10H12. The molecule has 0 heteroatoms. The van der Waals surface area contributed by atoms with E-state index in [0.717, 1.165) is 12.8 Å². The maximum absolute atomic E-state index is 2.18. The molecule has 0 nitrogen and oxygen atoms in total. The molecule has 52 valence electrons. The Bertz CT molecular complexity index is 160. The monoisotopic (exact) mass is 132 g/mol. The van der Waals surface area contributed by atoms with Gasteiger partial charge in [-0.3, -0.25) is 0 Å². The molecule has 0 bridgehead atoms. The van der Waals surface area contributed by atoms with Gasteiger partial charge >= 0.3 is 0 Å². The van der Waals surface area contributed by atoms with Crippen molar-refractivity contribution in [3.63, 3.8) is 0 Å². The molecule has 0 N–H and O–H groups in total. The molecule has 0 aromatic carbocycles. The number of rotatable bonds is 0. The fourth-order valence-corrected chi connectivity index (χ4v) is 0.792. The molecule has 0 radical (unpaired) electrons. The normalized spacial score (nSPS) is 30.4. The molecule has 10 heavy (non-hydrogen) atoms. The van der Waals surface area contributed by atoms with Crippen molar-refractivity contribution in [3.05, 3.63) is 48.6 Å². The van der Waals surface area contributed by atoms with Crippen LogP contribution in [0, 0.1) is 0 Å². The average molecular weight is 132 g/mol. The average Bonchev–Trinajstić information content (AvgIpc) is 2.01. The third-order valence-corrected chi connectivity index (χ3v) is 1.32. The second-order valence-electron chi connectivity index (χ2n) is 2.18. The van der Waals surface area contributed by atoms with Crippen molar-refractivity contribution >= 4 is 0 Å². The molecule has 0 aromatic rings. The lowest BCUT2D eigenvalue weighted by atomic mass is 10.2. The Labute approximate surface area is 62.3 Å². The Hall–Kier alpha value is -1.04. The lowest BCUT2D eigenvalue weighted by Gasteiger charge is -1.84. The van der Waals surface area contributed by atoms with E-state index in [9.17, 15) is 0 Å². The molecule has 0 atom stereocenters. The first kappa shape index (κ1) is 7.07. The minimum absolute atomic E-state index is 1.05. The summed E-state index contributed by atoms with van der Waals surface area (Å²) in [4.78, 5) is 0. The molecule has 0 aliphatic heterocycles. The molecule has 0 saturated heterocycles. The van der Waals surface area contributed by atoms with E-state index >= 15 is 0 Å². The first-order chi connectivity index (χ1) is 5.00. The lowest BCUT2D eigenvalue weighted by Crippen LogP contribution is -1.62. The van der Waals surface area contributed by atoms with Crippen LogP contribution < -0.4 is 0 Å². The molecule has 0 unspecified atom stereocenters. The van der Waals surface area contributed by atoms with Crippen molar-refractivity contribution in [2.45, 2.75) is 12.8 Å². The van der Waals surface area contributed by atoms with Gasteiger partial charge < -0.3 is 0 Å².